The van der Waals surface area contributed by atoms with Crippen molar-refractivity contribution in [3.8, 4) is 0 Å². The molecule has 2 aromatic carbocycles. The molecule has 0 bridgehead atoms. The summed E-state index contributed by atoms with van der Waals surface area (Å²) in [6, 6.07) is 14.9. The van der Waals surface area contributed by atoms with Crippen LogP contribution in [-0.2, 0) is 11.3 Å². The summed E-state index contributed by atoms with van der Waals surface area (Å²) in [6.07, 6.45) is 3.41. The minimum atomic E-state index is 0. The molecule has 128 valence electrons. The first-order valence-corrected chi connectivity index (χ1v) is 8.61. The molecule has 1 unspecified atom stereocenters. The van der Waals surface area contributed by atoms with Gasteiger partial charge in [-0.3, -0.25) is 4.79 Å². The molecular weight excluding hydrogens is 320 g/mol. The van der Waals surface area contributed by atoms with Crippen molar-refractivity contribution in [2.75, 3.05) is 20.1 Å². The molecule has 4 rings (SSSR count). The lowest BCUT2D eigenvalue weighted by atomic mass is 9.91. The molecule has 1 atom stereocenters. The second-order valence-corrected chi connectivity index (χ2v) is 7.24. The van der Waals surface area contributed by atoms with Crippen LogP contribution in [0.25, 0.3) is 10.8 Å². The molecule has 1 amide bonds. The quantitative estimate of drug-likeness (QED) is 0.922. The van der Waals surface area contributed by atoms with Crippen molar-refractivity contribution in [1.29, 1.82) is 0 Å². The van der Waals surface area contributed by atoms with Gasteiger partial charge in [-0.1, -0.05) is 36.4 Å². The van der Waals surface area contributed by atoms with Gasteiger partial charge in [-0.2, -0.15) is 0 Å². The fourth-order valence-corrected chi connectivity index (χ4v) is 4.13. The van der Waals surface area contributed by atoms with Gasteiger partial charge in [-0.25, -0.2) is 0 Å². The van der Waals surface area contributed by atoms with Crippen molar-refractivity contribution in [2.24, 2.45) is 11.3 Å². The van der Waals surface area contributed by atoms with E-state index in [-0.39, 0.29) is 18.3 Å². The van der Waals surface area contributed by atoms with Crippen LogP contribution in [0.15, 0.2) is 42.5 Å². The SMILES string of the molecule is CN(Cc1ccc2ccccc2c1)C(=O)C1CC12CCNCC2.Cl. The Bertz CT molecular complexity index is 739. The first-order chi connectivity index (χ1) is 11.2. The molecule has 1 heterocycles. The third kappa shape index (κ3) is 3.15. The number of rotatable bonds is 3. The number of nitrogens with zero attached hydrogens (tertiary/aromatic N) is 1. The van der Waals surface area contributed by atoms with Crippen molar-refractivity contribution in [3.63, 3.8) is 0 Å². The van der Waals surface area contributed by atoms with E-state index >= 15 is 0 Å². The summed E-state index contributed by atoms with van der Waals surface area (Å²) in [5.41, 5.74) is 1.53. The molecule has 2 aromatic rings. The number of hydrogen-bond acceptors (Lipinski definition) is 2. The van der Waals surface area contributed by atoms with E-state index < -0.39 is 0 Å². The Labute approximate surface area is 149 Å². The van der Waals surface area contributed by atoms with Crippen molar-refractivity contribution in [1.82, 2.24) is 10.2 Å². The van der Waals surface area contributed by atoms with Gasteiger partial charge < -0.3 is 10.2 Å². The highest BCUT2D eigenvalue weighted by molar-refractivity contribution is 5.85. The topological polar surface area (TPSA) is 32.3 Å². The number of piperidine rings is 1. The largest absolute Gasteiger partial charge is 0.341 e. The lowest BCUT2D eigenvalue weighted by Gasteiger charge is -2.25. The molecule has 3 nitrogen and oxygen atoms in total. The zero-order chi connectivity index (χ0) is 15.9. The Kier molecular flexibility index (Phi) is 4.84. The van der Waals surface area contributed by atoms with Gasteiger partial charge in [-0.15, -0.1) is 12.4 Å². The molecule has 4 heteroatoms. The van der Waals surface area contributed by atoms with E-state index in [1.54, 1.807) is 0 Å². The Balaban J connectivity index is 0.00000169. The van der Waals surface area contributed by atoms with Gasteiger partial charge in [-0.05, 0) is 60.2 Å². The van der Waals surface area contributed by atoms with Crippen molar-refractivity contribution in [2.45, 2.75) is 25.8 Å². The van der Waals surface area contributed by atoms with E-state index in [0.717, 1.165) is 32.4 Å². The van der Waals surface area contributed by atoms with Crippen LogP contribution in [0.4, 0.5) is 0 Å². The van der Waals surface area contributed by atoms with Crippen LogP contribution in [0.5, 0.6) is 0 Å². The molecular formula is C20H25ClN2O. The highest BCUT2D eigenvalue weighted by atomic mass is 35.5. The average Bonchev–Trinajstić information content (AvgIpc) is 3.27. The summed E-state index contributed by atoms with van der Waals surface area (Å²) < 4.78 is 0. The predicted molar refractivity (Wildman–Crippen MR) is 100 cm³/mol. The minimum absolute atomic E-state index is 0. The fourth-order valence-electron chi connectivity index (χ4n) is 4.13. The Hall–Kier alpha value is -1.58. The van der Waals surface area contributed by atoms with Gasteiger partial charge in [0.05, 0.1) is 0 Å². The number of halogens is 1. The molecule has 2 fully saturated rings. The lowest BCUT2D eigenvalue weighted by Crippen LogP contribution is -2.34. The molecule has 0 aromatic heterocycles. The van der Waals surface area contributed by atoms with E-state index in [4.69, 9.17) is 0 Å². The van der Waals surface area contributed by atoms with Crippen LogP contribution in [0, 0.1) is 11.3 Å². The van der Waals surface area contributed by atoms with Crippen LogP contribution in [-0.4, -0.2) is 30.9 Å². The van der Waals surface area contributed by atoms with Crippen LogP contribution < -0.4 is 5.32 Å². The van der Waals surface area contributed by atoms with Crippen molar-refractivity contribution >= 4 is 29.1 Å². The van der Waals surface area contributed by atoms with Gasteiger partial charge in [0.1, 0.15) is 0 Å². The van der Waals surface area contributed by atoms with Crippen LogP contribution in [0.2, 0.25) is 0 Å². The summed E-state index contributed by atoms with van der Waals surface area (Å²) in [7, 11) is 1.95. The normalized spacial score (nSPS) is 21.3. The number of carbonyl (C=O) groups is 1. The molecule has 1 spiro atoms. The molecule has 1 aliphatic heterocycles. The molecule has 1 aliphatic carbocycles. The average molecular weight is 345 g/mol. The summed E-state index contributed by atoms with van der Waals surface area (Å²) in [6.45, 7) is 2.84. The first kappa shape index (κ1) is 17.2. The number of fused-ring (bicyclic) bond motifs is 1. The van der Waals surface area contributed by atoms with E-state index in [0.29, 0.717) is 17.9 Å². The number of hydrogen-bond donors (Lipinski definition) is 1. The Morgan fingerprint density at radius 1 is 1.17 bits per heavy atom. The fraction of sp³-hybridized carbons (Fsp3) is 0.450. The standard InChI is InChI=1S/C20H24N2O.ClH/c1-22(19(23)18-13-20(18)8-10-21-11-9-20)14-15-6-7-16-4-2-3-5-17(16)12-15;/h2-7,12,18,21H,8-11,13-14H2,1H3;1H. The highest BCUT2D eigenvalue weighted by Gasteiger charge is 2.58. The summed E-state index contributed by atoms with van der Waals surface area (Å²) in [5, 5.41) is 5.89. The van der Waals surface area contributed by atoms with E-state index in [1.165, 1.54) is 16.3 Å². The smallest absolute Gasteiger partial charge is 0.226 e. The minimum Gasteiger partial charge on any atom is -0.341 e. The molecule has 1 N–H and O–H groups in total. The monoisotopic (exact) mass is 344 g/mol. The van der Waals surface area contributed by atoms with Gasteiger partial charge in [0.2, 0.25) is 5.91 Å². The molecule has 1 saturated carbocycles. The number of nitrogens with one attached hydrogen (secondary N) is 1. The van der Waals surface area contributed by atoms with Gasteiger partial charge >= 0.3 is 0 Å². The van der Waals surface area contributed by atoms with E-state index in [9.17, 15) is 4.79 Å². The van der Waals surface area contributed by atoms with Gasteiger partial charge in [0.15, 0.2) is 0 Å². The third-order valence-corrected chi connectivity index (χ3v) is 5.70. The van der Waals surface area contributed by atoms with Crippen LogP contribution >= 0.6 is 12.4 Å². The summed E-state index contributed by atoms with van der Waals surface area (Å²) in [4.78, 5) is 14.7. The Morgan fingerprint density at radius 2 is 1.88 bits per heavy atom. The maximum absolute atomic E-state index is 12.8. The Morgan fingerprint density at radius 3 is 2.62 bits per heavy atom. The van der Waals surface area contributed by atoms with Crippen LogP contribution in [0.1, 0.15) is 24.8 Å². The van der Waals surface area contributed by atoms with Gasteiger partial charge in [0.25, 0.3) is 0 Å². The van der Waals surface area contributed by atoms with Crippen molar-refractivity contribution < 1.29 is 4.79 Å². The van der Waals surface area contributed by atoms with Crippen LogP contribution in [0.3, 0.4) is 0 Å². The molecule has 2 aliphatic rings. The second kappa shape index (κ2) is 6.73. The van der Waals surface area contributed by atoms with E-state index in [2.05, 4.69) is 47.8 Å². The summed E-state index contributed by atoms with van der Waals surface area (Å²) >= 11 is 0. The number of amides is 1. The summed E-state index contributed by atoms with van der Waals surface area (Å²) in [5.74, 6) is 0.593. The zero-order valence-electron chi connectivity index (χ0n) is 14.1. The van der Waals surface area contributed by atoms with E-state index in [1.807, 2.05) is 11.9 Å². The molecule has 1 saturated heterocycles. The van der Waals surface area contributed by atoms with Crippen molar-refractivity contribution in [3.05, 3.63) is 48.0 Å². The predicted octanol–water partition coefficient (Wildman–Crippen LogP) is 3.61. The third-order valence-electron chi connectivity index (χ3n) is 5.70. The second-order valence-electron chi connectivity index (χ2n) is 7.24. The lowest BCUT2D eigenvalue weighted by molar-refractivity contribution is -0.132. The maximum Gasteiger partial charge on any atom is 0.226 e. The number of benzene rings is 2. The maximum atomic E-state index is 12.8. The highest BCUT2D eigenvalue weighted by Crippen LogP contribution is 2.59. The van der Waals surface area contributed by atoms with Gasteiger partial charge in [0, 0.05) is 19.5 Å². The number of carbonyl (C=O) groups excluding carboxylic acids is 1. The first-order valence-electron chi connectivity index (χ1n) is 8.61. The molecule has 0 radical (unpaired) electrons. The molecule has 24 heavy (non-hydrogen) atoms. The zero-order valence-corrected chi connectivity index (χ0v) is 14.9.